The molecule has 1 amide bonds. The molecule has 0 aliphatic heterocycles. The third-order valence-corrected chi connectivity index (χ3v) is 1.79. The van der Waals surface area contributed by atoms with E-state index < -0.39 is 0 Å². The van der Waals surface area contributed by atoms with E-state index in [0.717, 1.165) is 5.56 Å². The zero-order chi connectivity index (χ0) is 11.3. The fourth-order valence-electron chi connectivity index (χ4n) is 1.16. The van der Waals surface area contributed by atoms with E-state index in [1.54, 1.807) is 13.2 Å². The van der Waals surface area contributed by atoms with Crippen LogP contribution in [0.1, 0.15) is 5.56 Å². The number of aryl methyl sites for hydroxylation is 1. The maximum Gasteiger partial charge on any atom is 0.238 e. The molecule has 0 aromatic carbocycles. The van der Waals surface area contributed by atoms with Gasteiger partial charge in [-0.3, -0.25) is 4.79 Å². The summed E-state index contributed by atoms with van der Waals surface area (Å²) in [5, 5.41) is 5.48. The first-order chi connectivity index (χ1) is 7.17. The predicted molar refractivity (Wildman–Crippen MR) is 65.3 cm³/mol. The third-order valence-electron chi connectivity index (χ3n) is 1.79. The van der Waals surface area contributed by atoms with Crippen LogP contribution in [0.5, 0.6) is 5.88 Å². The highest BCUT2D eigenvalue weighted by Gasteiger charge is 2.07. The van der Waals surface area contributed by atoms with Gasteiger partial charge in [-0.1, -0.05) is 0 Å². The molecule has 0 spiro atoms. The summed E-state index contributed by atoms with van der Waals surface area (Å²) >= 11 is 0. The maximum absolute atomic E-state index is 11.3. The number of anilines is 1. The summed E-state index contributed by atoms with van der Waals surface area (Å²) in [5.41, 5.74) is 1.56. The molecule has 90 valence electrons. The Labute approximate surface area is 101 Å². The number of hydrogen-bond donors (Lipinski definition) is 2. The smallest absolute Gasteiger partial charge is 0.238 e. The van der Waals surface area contributed by atoms with Crippen molar-refractivity contribution in [3.63, 3.8) is 0 Å². The zero-order valence-electron chi connectivity index (χ0n) is 9.53. The van der Waals surface area contributed by atoms with Crippen LogP contribution in [-0.4, -0.2) is 31.6 Å². The largest absolute Gasteiger partial charge is 0.480 e. The molecule has 0 aliphatic rings. The van der Waals surface area contributed by atoms with Gasteiger partial charge in [-0.25, -0.2) is 4.98 Å². The van der Waals surface area contributed by atoms with E-state index in [9.17, 15) is 4.79 Å². The molecule has 6 heteroatoms. The highest BCUT2D eigenvalue weighted by Crippen LogP contribution is 2.21. The van der Waals surface area contributed by atoms with Gasteiger partial charge in [0.1, 0.15) is 5.69 Å². The molecule has 16 heavy (non-hydrogen) atoms. The van der Waals surface area contributed by atoms with Crippen LogP contribution in [0.3, 0.4) is 0 Å². The van der Waals surface area contributed by atoms with Gasteiger partial charge in [0.2, 0.25) is 11.8 Å². The van der Waals surface area contributed by atoms with Crippen LogP contribution in [0.4, 0.5) is 5.69 Å². The fraction of sp³-hybridized carbons (Fsp3) is 0.400. The van der Waals surface area contributed by atoms with Gasteiger partial charge in [0.05, 0.1) is 13.7 Å². The second-order valence-corrected chi connectivity index (χ2v) is 3.15. The SMILES string of the molecule is CNCC(=O)Nc1cc(C)cnc1OC.Cl. The molecular weight excluding hydrogens is 230 g/mol. The Hall–Kier alpha value is -1.33. The summed E-state index contributed by atoms with van der Waals surface area (Å²) in [7, 11) is 3.23. The number of aromatic nitrogens is 1. The Bertz CT molecular complexity index is 358. The van der Waals surface area contributed by atoms with Crippen LogP contribution in [0.2, 0.25) is 0 Å². The summed E-state index contributed by atoms with van der Waals surface area (Å²) in [6.45, 7) is 2.16. The van der Waals surface area contributed by atoms with Crippen LogP contribution in [0, 0.1) is 6.92 Å². The maximum atomic E-state index is 11.3. The number of pyridine rings is 1. The molecule has 0 fully saturated rings. The van der Waals surface area contributed by atoms with Crippen molar-refractivity contribution in [3.05, 3.63) is 17.8 Å². The molecule has 1 aromatic heterocycles. The van der Waals surface area contributed by atoms with Crippen LogP contribution < -0.4 is 15.4 Å². The Balaban J connectivity index is 0.00000225. The summed E-state index contributed by atoms with van der Waals surface area (Å²) in [6, 6.07) is 1.82. The van der Waals surface area contributed by atoms with E-state index in [4.69, 9.17) is 4.74 Å². The molecule has 1 rings (SSSR count). The second-order valence-electron chi connectivity index (χ2n) is 3.15. The van der Waals surface area contributed by atoms with Crippen molar-refractivity contribution in [2.75, 3.05) is 26.0 Å². The highest BCUT2D eigenvalue weighted by molar-refractivity contribution is 5.93. The number of ether oxygens (including phenoxy) is 1. The van der Waals surface area contributed by atoms with Crippen LogP contribution in [0.25, 0.3) is 0 Å². The first-order valence-corrected chi connectivity index (χ1v) is 4.62. The van der Waals surface area contributed by atoms with Crippen LogP contribution >= 0.6 is 12.4 Å². The van der Waals surface area contributed by atoms with Gasteiger partial charge in [-0.15, -0.1) is 12.4 Å². The van der Waals surface area contributed by atoms with Crippen molar-refractivity contribution in [2.24, 2.45) is 0 Å². The number of amides is 1. The molecule has 0 saturated carbocycles. The monoisotopic (exact) mass is 245 g/mol. The summed E-state index contributed by atoms with van der Waals surface area (Å²) < 4.78 is 5.03. The quantitative estimate of drug-likeness (QED) is 0.830. The fourth-order valence-corrected chi connectivity index (χ4v) is 1.16. The number of nitrogens with zero attached hydrogens (tertiary/aromatic N) is 1. The Morgan fingerprint density at radius 2 is 2.25 bits per heavy atom. The molecule has 0 unspecified atom stereocenters. The molecule has 1 heterocycles. The van der Waals surface area contributed by atoms with Gasteiger partial charge in [-0.05, 0) is 25.6 Å². The average Bonchev–Trinajstić information content (AvgIpc) is 2.18. The molecule has 0 bridgehead atoms. The van der Waals surface area contributed by atoms with Gasteiger partial charge in [0, 0.05) is 6.20 Å². The second kappa shape index (κ2) is 7.03. The number of carbonyl (C=O) groups is 1. The minimum atomic E-state index is -0.122. The molecule has 1 aromatic rings. The van der Waals surface area contributed by atoms with Gasteiger partial charge < -0.3 is 15.4 Å². The van der Waals surface area contributed by atoms with Crippen LogP contribution in [-0.2, 0) is 4.79 Å². The van der Waals surface area contributed by atoms with Gasteiger partial charge >= 0.3 is 0 Å². The number of nitrogens with one attached hydrogen (secondary N) is 2. The lowest BCUT2D eigenvalue weighted by Gasteiger charge is -2.09. The van der Waals surface area contributed by atoms with E-state index >= 15 is 0 Å². The summed E-state index contributed by atoms with van der Waals surface area (Å²) in [6.07, 6.45) is 1.69. The van der Waals surface area contributed by atoms with Gasteiger partial charge in [0.25, 0.3) is 0 Å². The van der Waals surface area contributed by atoms with E-state index in [2.05, 4.69) is 15.6 Å². The molecule has 0 atom stereocenters. The lowest BCUT2D eigenvalue weighted by molar-refractivity contribution is -0.115. The summed E-state index contributed by atoms with van der Waals surface area (Å²) in [4.78, 5) is 15.4. The molecule has 0 saturated heterocycles. The van der Waals surface area contributed by atoms with Crippen molar-refractivity contribution >= 4 is 24.0 Å². The molecule has 0 radical (unpaired) electrons. The topological polar surface area (TPSA) is 63.2 Å². The first kappa shape index (κ1) is 14.7. The lowest BCUT2D eigenvalue weighted by Crippen LogP contribution is -2.25. The first-order valence-electron chi connectivity index (χ1n) is 4.62. The van der Waals surface area contributed by atoms with Gasteiger partial charge in [-0.2, -0.15) is 0 Å². The normalized spacial score (nSPS) is 9.19. The molecule has 5 nitrogen and oxygen atoms in total. The number of likely N-dealkylation sites (N-methyl/N-ethyl adjacent to an activating group) is 1. The van der Waals surface area contributed by atoms with Crippen molar-refractivity contribution in [1.29, 1.82) is 0 Å². The number of halogens is 1. The lowest BCUT2D eigenvalue weighted by atomic mass is 10.3. The van der Waals surface area contributed by atoms with Crippen molar-refractivity contribution in [3.8, 4) is 5.88 Å². The van der Waals surface area contributed by atoms with Crippen LogP contribution in [0.15, 0.2) is 12.3 Å². The van der Waals surface area contributed by atoms with Gasteiger partial charge in [0.15, 0.2) is 0 Å². The van der Waals surface area contributed by atoms with E-state index in [1.165, 1.54) is 7.11 Å². The molecule has 0 aliphatic carbocycles. The van der Waals surface area contributed by atoms with E-state index in [1.807, 2.05) is 13.0 Å². The number of rotatable bonds is 4. The number of carbonyl (C=O) groups excluding carboxylic acids is 1. The zero-order valence-corrected chi connectivity index (χ0v) is 10.4. The average molecular weight is 246 g/mol. The standard InChI is InChI=1S/C10H15N3O2.ClH/c1-7-4-8(10(15-3)12-5-7)13-9(14)6-11-2;/h4-5,11H,6H2,1-3H3,(H,13,14);1H. The predicted octanol–water partition coefficient (Wildman–Crippen LogP) is 0.978. The number of hydrogen-bond acceptors (Lipinski definition) is 4. The Morgan fingerprint density at radius 3 is 2.81 bits per heavy atom. The Morgan fingerprint density at radius 1 is 1.56 bits per heavy atom. The van der Waals surface area contributed by atoms with Crippen molar-refractivity contribution < 1.29 is 9.53 Å². The van der Waals surface area contributed by atoms with Crippen molar-refractivity contribution in [2.45, 2.75) is 6.92 Å². The minimum Gasteiger partial charge on any atom is -0.480 e. The van der Waals surface area contributed by atoms with Crippen molar-refractivity contribution in [1.82, 2.24) is 10.3 Å². The highest BCUT2D eigenvalue weighted by atomic mass is 35.5. The van der Waals surface area contributed by atoms with E-state index in [-0.39, 0.29) is 24.9 Å². The third kappa shape index (κ3) is 4.04. The van der Waals surface area contributed by atoms with E-state index in [0.29, 0.717) is 11.6 Å². The summed E-state index contributed by atoms with van der Waals surface area (Å²) in [5.74, 6) is 0.299. The molecule has 2 N–H and O–H groups in total. The minimum absolute atomic E-state index is 0. The molecular formula is C10H16ClN3O2. The number of methoxy groups -OCH3 is 1. The Kier molecular flexibility index (Phi) is 6.44.